The molecule has 0 amide bonds. The zero-order valence-corrected chi connectivity index (χ0v) is 11.8. The lowest BCUT2D eigenvalue weighted by atomic mass is 10.1. The molecular weight excluding hydrogens is 266 g/mol. The van der Waals surface area contributed by atoms with Crippen molar-refractivity contribution in [2.75, 3.05) is 0 Å². The first kappa shape index (κ1) is 13.5. The van der Waals surface area contributed by atoms with Crippen LogP contribution in [-0.2, 0) is 6.54 Å². The molecule has 0 aliphatic carbocycles. The van der Waals surface area contributed by atoms with Crippen molar-refractivity contribution in [1.29, 1.82) is 0 Å². The molecule has 0 bridgehead atoms. The highest BCUT2D eigenvalue weighted by atomic mass is 79.9. The van der Waals surface area contributed by atoms with Crippen LogP contribution in [0.15, 0.2) is 16.6 Å². The lowest BCUT2D eigenvalue weighted by Crippen LogP contribution is -2.14. The number of hydrogen-bond donors (Lipinski definition) is 1. The highest BCUT2D eigenvalue weighted by Crippen LogP contribution is 2.29. The average molecular weight is 286 g/mol. The fraction of sp³-hybridized carbons (Fsp3) is 0.538. The summed E-state index contributed by atoms with van der Waals surface area (Å²) in [4.78, 5) is 0. The van der Waals surface area contributed by atoms with Crippen LogP contribution in [0.4, 0.5) is 0 Å². The molecule has 0 aromatic heterocycles. The maximum absolute atomic E-state index is 5.96. The van der Waals surface area contributed by atoms with E-state index in [0.29, 0.717) is 6.54 Å². The minimum absolute atomic E-state index is 0.246. The van der Waals surface area contributed by atoms with Crippen LogP contribution in [-0.4, -0.2) is 6.10 Å². The summed E-state index contributed by atoms with van der Waals surface area (Å²) in [5.41, 5.74) is 7.94. The number of rotatable bonds is 5. The Morgan fingerprint density at radius 1 is 1.44 bits per heavy atom. The monoisotopic (exact) mass is 285 g/mol. The summed E-state index contributed by atoms with van der Waals surface area (Å²) in [7, 11) is 0. The van der Waals surface area contributed by atoms with Gasteiger partial charge in [-0.3, -0.25) is 0 Å². The van der Waals surface area contributed by atoms with Gasteiger partial charge in [0.05, 0.1) is 6.10 Å². The molecule has 0 aliphatic heterocycles. The van der Waals surface area contributed by atoms with Crippen molar-refractivity contribution >= 4 is 15.9 Å². The zero-order valence-electron chi connectivity index (χ0n) is 10.2. The largest absolute Gasteiger partial charge is 0.490 e. The maximum atomic E-state index is 5.96. The van der Waals surface area contributed by atoms with Crippen LogP contribution < -0.4 is 10.5 Å². The molecule has 0 saturated heterocycles. The number of benzene rings is 1. The summed E-state index contributed by atoms with van der Waals surface area (Å²) in [5, 5.41) is 0. The molecule has 0 heterocycles. The van der Waals surface area contributed by atoms with E-state index in [9.17, 15) is 0 Å². The van der Waals surface area contributed by atoms with Gasteiger partial charge in [0.25, 0.3) is 0 Å². The second-order valence-corrected chi connectivity index (χ2v) is 5.05. The van der Waals surface area contributed by atoms with Crippen molar-refractivity contribution in [3.63, 3.8) is 0 Å². The van der Waals surface area contributed by atoms with Gasteiger partial charge >= 0.3 is 0 Å². The highest BCUT2D eigenvalue weighted by Gasteiger charge is 2.11. The number of hydrogen-bond acceptors (Lipinski definition) is 2. The molecule has 2 nitrogen and oxygen atoms in total. The summed E-state index contributed by atoms with van der Waals surface area (Å²) >= 11 is 3.47. The minimum atomic E-state index is 0.246. The first-order valence-corrected chi connectivity index (χ1v) is 6.53. The van der Waals surface area contributed by atoms with Crippen molar-refractivity contribution in [2.45, 2.75) is 46.3 Å². The molecule has 0 spiro atoms. The van der Waals surface area contributed by atoms with E-state index in [1.807, 2.05) is 6.07 Å². The predicted molar refractivity (Wildman–Crippen MR) is 71.8 cm³/mol. The third-order valence-corrected chi connectivity index (χ3v) is 3.01. The molecule has 1 unspecified atom stereocenters. The van der Waals surface area contributed by atoms with Crippen LogP contribution in [0.2, 0.25) is 0 Å². The Morgan fingerprint density at radius 3 is 2.69 bits per heavy atom. The van der Waals surface area contributed by atoms with E-state index >= 15 is 0 Å². The summed E-state index contributed by atoms with van der Waals surface area (Å²) < 4.78 is 7.02. The molecule has 2 N–H and O–H groups in total. The van der Waals surface area contributed by atoms with Crippen LogP contribution in [0.25, 0.3) is 0 Å². The molecule has 3 heteroatoms. The van der Waals surface area contributed by atoms with E-state index in [1.54, 1.807) is 0 Å². The summed E-state index contributed by atoms with van der Waals surface area (Å²) in [6.07, 6.45) is 2.45. The Labute approximate surface area is 106 Å². The summed E-state index contributed by atoms with van der Waals surface area (Å²) in [5.74, 6) is 0.951. The summed E-state index contributed by atoms with van der Waals surface area (Å²) in [6.45, 7) is 6.83. The maximum Gasteiger partial charge on any atom is 0.127 e. The van der Waals surface area contributed by atoms with Crippen molar-refractivity contribution in [1.82, 2.24) is 0 Å². The van der Waals surface area contributed by atoms with Crippen molar-refractivity contribution in [3.8, 4) is 5.75 Å². The van der Waals surface area contributed by atoms with Gasteiger partial charge in [0, 0.05) is 16.6 Å². The number of halogens is 1. The van der Waals surface area contributed by atoms with Gasteiger partial charge < -0.3 is 10.5 Å². The Balaban J connectivity index is 2.93. The van der Waals surface area contributed by atoms with Gasteiger partial charge in [0.2, 0.25) is 0 Å². The molecule has 0 radical (unpaired) electrons. The van der Waals surface area contributed by atoms with E-state index in [1.165, 1.54) is 0 Å². The van der Waals surface area contributed by atoms with E-state index in [-0.39, 0.29) is 6.10 Å². The number of nitrogens with two attached hydrogens (primary N) is 1. The Bertz CT molecular complexity index is 352. The highest BCUT2D eigenvalue weighted by molar-refractivity contribution is 9.10. The molecule has 1 aromatic carbocycles. The SMILES string of the molecule is CCCC(C)Oc1c(C)cc(Br)cc1CN. The first-order valence-electron chi connectivity index (χ1n) is 5.74. The Hall–Kier alpha value is -0.540. The molecule has 1 aromatic rings. The van der Waals surface area contributed by atoms with Crippen LogP contribution >= 0.6 is 15.9 Å². The van der Waals surface area contributed by atoms with Gasteiger partial charge in [-0.15, -0.1) is 0 Å². The standard InChI is InChI=1S/C13H20BrNO/c1-4-5-10(3)16-13-9(2)6-12(14)7-11(13)8-15/h6-7,10H,4-5,8,15H2,1-3H3. The third kappa shape index (κ3) is 3.49. The van der Waals surface area contributed by atoms with Crippen molar-refractivity contribution in [2.24, 2.45) is 5.73 Å². The second kappa shape index (κ2) is 6.26. The van der Waals surface area contributed by atoms with Crippen LogP contribution in [0, 0.1) is 6.92 Å². The molecule has 16 heavy (non-hydrogen) atoms. The van der Waals surface area contributed by atoms with E-state index < -0.39 is 0 Å². The zero-order chi connectivity index (χ0) is 12.1. The fourth-order valence-electron chi connectivity index (χ4n) is 1.79. The second-order valence-electron chi connectivity index (χ2n) is 4.13. The smallest absolute Gasteiger partial charge is 0.127 e. The van der Waals surface area contributed by atoms with Crippen LogP contribution in [0.1, 0.15) is 37.8 Å². The van der Waals surface area contributed by atoms with E-state index in [4.69, 9.17) is 10.5 Å². The lowest BCUT2D eigenvalue weighted by Gasteiger charge is -2.19. The van der Waals surface area contributed by atoms with Gasteiger partial charge in [-0.05, 0) is 38.0 Å². The first-order chi connectivity index (χ1) is 7.58. The molecule has 1 rings (SSSR count). The molecule has 0 aliphatic rings. The van der Waals surface area contributed by atoms with Gasteiger partial charge in [0.1, 0.15) is 5.75 Å². The fourth-order valence-corrected chi connectivity index (χ4v) is 2.41. The lowest BCUT2D eigenvalue weighted by molar-refractivity contribution is 0.206. The molecule has 0 saturated carbocycles. The van der Waals surface area contributed by atoms with Crippen LogP contribution in [0.3, 0.4) is 0 Å². The van der Waals surface area contributed by atoms with Gasteiger partial charge in [-0.2, -0.15) is 0 Å². The van der Waals surface area contributed by atoms with Crippen molar-refractivity contribution in [3.05, 3.63) is 27.7 Å². The molecule has 90 valence electrons. The Kier molecular flexibility index (Phi) is 5.29. The molecule has 1 atom stereocenters. The van der Waals surface area contributed by atoms with E-state index in [2.05, 4.69) is 42.8 Å². The predicted octanol–water partition coefficient (Wildman–Crippen LogP) is 3.78. The minimum Gasteiger partial charge on any atom is -0.490 e. The average Bonchev–Trinajstić information content (AvgIpc) is 2.22. The number of ether oxygens (including phenoxy) is 1. The van der Waals surface area contributed by atoms with Crippen LogP contribution in [0.5, 0.6) is 5.75 Å². The third-order valence-electron chi connectivity index (χ3n) is 2.55. The van der Waals surface area contributed by atoms with E-state index in [0.717, 1.165) is 34.2 Å². The van der Waals surface area contributed by atoms with Crippen molar-refractivity contribution < 1.29 is 4.74 Å². The van der Waals surface area contributed by atoms with Gasteiger partial charge in [0.15, 0.2) is 0 Å². The normalized spacial score (nSPS) is 12.6. The molecule has 0 fully saturated rings. The quantitative estimate of drug-likeness (QED) is 0.894. The summed E-state index contributed by atoms with van der Waals surface area (Å²) in [6, 6.07) is 4.09. The Morgan fingerprint density at radius 2 is 2.12 bits per heavy atom. The van der Waals surface area contributed by atoms with Gasteiger partial charge in [-0.1, -0.05) is 29.3 Å². The van der Waals surface area contributed by atoms with Gasteiger partial charge in [-0.25, -0.2) is 0 Å². The molecular formula is C13H20BrNO. The topological polar surface area (TPSA) is 35.2 Å². The number of aryl methyl sites for hydroxylation is 1.